The zero-order valence-corrected chi connectivity index (χ0v) is 12.7. The monoisotopic (exact) mass is 284 g/mol. The Bertz CT molecular complexity index is 791. The zero-order chi connectivity index (χ0) is 14.9. The molecule has 1 heterocycles. The van der Waals surface area contributed by atoms with Gasteiger partial charge in [-0.05, 0) is 42.0 Å². The molecule has 0 bridgehead atoms. The Morgan fingerprint density at radius 1 is 0.955 bits per heavy atom. The number of rotatable bonds is 2. The van der Waals surface area contributed by atoms with E-state index in [4.69, 9.17) is 0 Å². The normalized spacial score (nSPS) is 16.5. The Morgan fingerprint density at radius 3 is 2.36 bits per heavy atom. The van der Waals surface area contributed by atoms with Crippen LogP contribution in [0.25, 0.3) is 11.1 Å². The Labute approximate surface area is 131 Å². The lowest BCUT2D eigenvalue weighted by Crippen LogP contribution is -2.01. The molecule has 0 N–H and O–H groups in total. The first kappa shape index (κ1) is 13.3. The summed E-state index contributed by atoms with van der Waals surface area (Å²) in [6, 6.07) is 21.3. The molecule has 1 heteroatoms. The topological polar surface area (TPSA) is 12.9 Å². The smallest absolute Gasteiger partial charge is 0.0977 e. The highest BCUT2D eigenvalue weighted by molar-refractivity contribution is 5.68. The van der Waals surface area contributed by atoms with Crippen molar-refractivity contribution >= 4 is 0 Å². The van der Waals surface area contributed by atoms with E-state index in [9.17, 15) is 0 Å². The van der Waals surface area contributed by atoms with Gasteiger partial charge < -0.3 is 0 Å². The Kier molecular flexibility index (Phi) is 3.27. The molecule has 0 amide bonds. The number of fused-ring (bicyclic) bond motifs is 1. The van der Waals surface area contributed by atoms with E-state index in [-0.39, 0.29) is 0 Å². The summed E-state index contributed by atoms with van der Waals surface area (Å²) >= 11 is 0. The number of pyridine rings is 1. The fraction of sp³-hybridized carbons (Fsp3) is 0.190. The molecule has 0 saturated carbocycles. The molecule has 3 aromatic rings. The number of aryl methyl sites for hydroxylation is 1. The Balaban J connectivity index is 1.85. The fourth-order valence-electron chi connectivity index (χ4n) is 3.60. The molecule has 1 radical (unpaired) electrons. The van der Waals surface area contributed by atoms with E-state index in [0.29, 0.717) is 5.92 Å². The molecule has 1 aromatic heterocycles. The van der Waals surface area contributed by atoms with Crippen LogP contribution in [-0.4, -0.2) is 4.98 Å². The molecule has 1 aliphatic carbocycles. The van der Waals surface area contributed by atoms with Crippen LogP contribution in [0.4, 0.5) is 0 Å². The van der Waals surface area contributed by atoms with E-state index in [0.717, 1.165) is 18.4 Å². The van der Waals surface area contributed by atoms with Crippen LogP contribution in [0.5, 0.6) is 0 Å². The lowest BCUT2D eigenvalue weighted by atomic mass is 9.88. The average molecular weight is 284 g/mol. The van der Waals surface area contributed by atoms with E-state index in [1.165, 1.54) is 27.9 Å². The van der Waals surface area contributed by atoms with E-state index in [2.05, 4.69) is 72.7 Å². The molecule has 107 valence electrons. The van der Waals surface area contributed by atoms with Crippen molar-refractivity contribution in [3.05, 3.63) is 89.2 Å². The van der Waals surface area contributed by atoms with Gasteiger partial charge in [-0.3, -0.25) is 4.98 Å². The largest absolute Gasteiger partial charge is 0.250 e. The van der Waals surface area contributed by atoms with Crippen LogP contribution in [0.3, 0.4) is 0 Å². The van der Waals surface area contributed by atoms with Crippen LogP contribution < -0.4 is 0 Å². The highest BCUT2D eigenvalue weighted by Gasteiger charge is 2.28. The van der Waals surface area contributed by atoms with Gasteiger partial charge >= 0.3 is 0 Å². The van der Waals surface area contributed by atoms with Gasteiger partial charge in [0.15, 0.2) is 0 Å². The van der Waals surface area contributed by atoms with E-state index in [1.54, 1.807) is 0 Å². The Morgan fingerprint density at radius 2 is 1.64 bits per heavy atom. The van der Waals surface area contributed by atoms with Crippen molar-refractivity contribution in [1.29, 1.82) is 0 Å². The van der Waals surface area contributed by atoms with Gasteiger partial charge in [-0.1, -0.05) is 60.7 Å². The van der Waals surface area contributed by atoms with Crippen molar-refractivity contribution in [3.63, 3.8) is 0 Å². The first-order valence-corrected chi connectivity index (χ1v) is 7.86. The minimum atomic E-state index is 0.473. The maximum absolute atomic E-state index is 4.65. The van der Waals surface area contributed by atoms with Crippen LogP contribution in [-0.2, 0) is 6.42 Å². The summed E-state index contributed by atoms with van der Waals surface area (Å²) in [5.41, 5.74) is 7.73. The summed E-state index contributed by atoms with van der Waals surface area (Å²) in [5.74, 6) is 0.473. The molecule has 0 aliphatic heterocycles. The molecule has 4 rings (SSSR count). The van der Waals surface area contributed by atoms with E-state index >= 15 is 0 Å². The second-order valence-corrected chi connectivity index (χ2v) is 5.95. The SMILES string of the molecule is Cc1c(-c2ccccc2)[c]nc2c1C(c1ccccc1)CC2. The first-order valence-electron chi connectivity index (χ1n) is 7.86. The van der Waals surface area contributed by atoms with Gasteiger partial charge in [-0.2, -0.15) is 0 Å². The molecule has 1 atom stereocenters. The molecule has 2 aromatic carbocycles. The standard InChI is InChI=1S/C21H18N/c1-15-19(17-10-6-3-7-11-17)14-22-20-13-12-18(21(15)20)16-8-4-2-5-9-16/h2-11,18H,12-13H2,1H3. The quantitative estimate of drug-likeness (QED) is 0.650. The van der Waals surface area contributed by atoms with Crippen molar-refractivity contribution < 1.29 is 0 Å². The van der Waals surface area contributed by atoms with Gasteiger partial charge in [0.2, 0.25) is 0 Å². The molecule has 1 unspecified atom stereocenters. The van der Waals surface area contributed by atoms with Crippen LogP contribution in [0, 0.1) is 13.1 Å². The summed E-state index contributed by atoms with van der Waals surface area (Å²) in [6.45, 7) is 2.22. The van der Waals surface area contributed by atoms with Crippen LogP contribution in [0.1, 0.15) is 34.7 Å². The number of benzene rings is 2. The molecular formula is C21H18N. The van der Waals surface area contributed by atoms with Crippen LogP contribution in [0.2, 0.25) is 0 Å². The minimum absolute atomic E-state index is 0.473. The van der Waals surface area contributed by atoms with Gasteiger partial charge in [0.25, 0.3) is 0 Å². The highest BCUT2D eigenvalue weighted by Crippen LogP contribution is 2.41. The predicted octanol–water partition coefficient (Wildman–Crippen LogP) is 4.94. The summed E-state index contributed by atoms with van der Waals surface area (Å²) in [5, 5.41) is 0. The van der Waals surface area contributed by atoms with Gasteiger partial charge in [0.1, 0.15) is 0 Å². The van der Waals surface area contributed by atoms with Crippen molar-refractivity contribution in [3.8, 4) is 11.1 Å². The predicted molar refractivity (Wildman–Crippen MR) is 89.9 cm³/mol. The summed E-state index contributed by atoms with van der Waals surface area (Å²) < 4.78 is 0. The van der Waals surface area contributed by atoms with Crippen LogP contribution >= 0.6 is 0 Å². The van der Waals surface area contributed by atoms with Gasteiger partial charge in [-0.25, -0.2) is 0 Å². The lowest BCUT2D eigenvalue weighted by molar-refractivity contribution is 0.783. The van der Waals surface area contributed by atoms with E-state index < -0.39 is 0 Å². The molecule has 1 aliphatic rings. The van der Waals surface area contributed by atoms with Crippen molar-refractivity contribution in [2.24, 2.45) is 0 Å². The molecule has 1 nitrogen and oxygen atoms in total. The number of hydrogen-bond acceptors (Lipinski definition) is 1. The maximum atomic E-state index is 4.65. The summed E-state index contributed by atoms with van der Waals surface area (Å²) in [7, 11) is 0. The molecular weight excluding hydrogens is 266 g/mol. The lowest BCUT2D eigenvalue weighted by Gasteiger charge is -2.16. The summed E-state index contributed by atoms with van der Waals surface area (Å²) in [6.07, 6.45) is 5.48. The van der Waals surface area contributed by atoms with Crippen molar-refractivity contribution in [2.75, 3.05) is 0 Å². The maximum Gasteiger partial charge on any atom is 0.0977 e. The highest BCUT2D eigenvalue weighted by atomic mass is 14.7. The summed E-state index contributed by atoms with van der Waals surface area (Å²) in [4.78, 5) is 4.65. The van der Waals surface area contributed by atoms with Crippen molar-refractivity contribution in [2.45, 2.75) is 25.7 Å². The third-order valence-electron chi connectivity index (χ3n) is 4.68. The van der Waals surface area contributed by atoms with Gasteiger partial charge in [-0.15, -0.1) is 0 Å². The van der Waals surface area contributed by atoms with E-state index in [1.807, 2.05) is 6.07 Å². The van der Waals surface area contributed by atoms with Gasteiger partial charge in [0, 0.05) is 17.2 Å². The Hall–Kier alpha value is -2.41. The zero-order valence-electron chi connectivity index (χ0n) is 12.7. The fourth-order valence-corrected chi connectivity index (χ4v) is 3.60. The van der Waals surface area contributed by atoms with Gasteiger partial charge in [0.05, 0.1) is 6.20 Å². The second kappa shape index (κ2) is 5.42. The van der Waals surface area contributed by atoms with Crippen LogP contribution in [0.15, 0.2) is 60.7 Å². The second-order valence-electron chi connectivity index (χ2n) is 5.95. The minimum Gasteiger partial charge on any atom is -0.250 e. The molecule has 0 saturated heterocycles. The number of hydrogen-bond donors (Lipinski definition) is 0. The average Bonchev–Trinajstić information content (AvgIpc) is 3.02. The third-order valence-corrected chi connectivity index (χ3v) is 4.68. The van der Waals surface area contributed by atoms with Crippen molar-refractivity contribution in [1.82, 2.24) is 4.98 Å². The number of aromatic nitrogens is 1. The first-order chi connectivity index (χ1) is 10.8. The molecule has 0 fully saturated rings. The molecule has 0 spiro atoms. The molecule has 22 heavy (non-hydrogen) atoms. The third kappa shape index (κ3) is 2.14. The number of nitrogens with zero attached hydrogens (tertiary/aromatic N) is 1.